The van der Waals surface area contributed by atoms with Gasteiger partial charge in [0, 0.05) is 17.5 Å². The molecule has 4 heteroatoms. The molecule has 0 aromatic heterocycles. The highest BCUT2D eigenvalue weighted by Gasteiger charge is 2.69. The van der Waals surface area contributed by atoms with Crippen molar-refractivity contribution in [2.24, 2.45) is 17.3 Å². The second-order valence-corrected chi connectivity index (χ2v) is 7.43. The Kier molecular flexibility index (Phi) is 1.86. The average molecular weight is 282 g/mol. The fourth-order valence-corrected chi connectivity index (χ4v) is 5.40. The highest BCUT2D eigenvalue weighted by atomic mass is 16.2. The molecule has 5 fully saturated rings. The van der Waals surface area contributed by atoms with Crippen LogP contribution in [0.25, 0.3) is 0 Å². The average Bonchev–Trinajstić information content (AvgIpc) is 2.46. The Morgan fingerprint density at radius 2 is 2.10 bits per heavy atom. The number of anilines is 1. The molecule has 4 atom stereocenters. The Bertz CT molecular complexity index is 700. The minimum atomic E-state index is -0.468. The first-order valence-electron chi connectivity index (χ1n) is 7.81. The maximum atomic E-state index is 12.9. The van der Waals surface area contributed by atoms with Crippen molar-refractivity contribution in [2.75, 3.05) is 5.32 Å². The Balaban J connectivity index is 1.75. The number of nitrogens with zero attached hydrogens (tertiary/aromatic N) is 1. The van der Waals surface area contributed by atoms with Gasteiger partial charge in [-0.3, -0.25) is 14.5 Å². The van der Waals surface area contributed by atoms with Gasteiger partial charge in [-0.2, -0.15) is 0 Å². The topological polar surface area (TPSA) is 49.4 Å². The molecule has 7 rings (SSSR count). The maximum Gasteiger partial charge on any atom is 0.264 e. The number of carbonyl (C=O) groups excluding carboxylic acids is 2. The molecule has 4 nitrogen and oxygen atoms in total. The van der Waals surface area contributed by atoms with E-state index in [0.29, 0.717) is 11.5 Å². The van der Waals surface area contributed by atoms with Gasteiger partial charge >= 0.3 is 0 Å². The fourth-order valence-electron chi connectivity index (χ4n) is 5.40. The lowest BCUT2D eigenvalue weighted by atomic mass is 9.48. The Hall–Kier alpha value is -1.84. The second-order valence-electron chi connectivity index (χ2n) is 7.43. The van der Waals surface area contributed by atoms with Crippen molar-refractivity contribution >= 4 is 17.5 Å². The lowest BCUT2D eigenvalue weighted by Gasteiger charge is -2.68. The summed E-state index contributed by atoms with van der Waals surface area (Å²) < 4.78 is 0. The van der Waals surface area contributed by atoms with Crippen molar-refractivity contribution < 1.29 is 9.59 Å². The molecular weight excluding hydrogens is 264 g/mol. The van der Waals surface area contributed by atoms with Crippen molar-refractivity contribution in [2.45, 2.75) is 38.3 Å². The van der Waals surface area contributed by atoms with Gasteiger partial charge in [0.2, 0.25) is 5.91 Å². The molecule has 2 saturated heterocycles. The summed E-state index contributed by atoms with van der Waals surface area (Å²) in [6.45, 7) is 2.23. The SMILES string of the molecule is C[C@@]12CC[C@H]3C[C@@H]1C(=O)N1C(=O)c4ccccc4N[C@@]31C2. The summed E-state index contributed by atoms with van der Waals surface area (Å²) in [6.07, 6.45) is 4.07. The number of hydrogen-bond acceptors (Lipinski definition) is 3. The van der Waals surface area contributed by atoms with Crippen molar-refractivity contribution in [3.8, 4) is 0 Å². The van der Waals surface area contributed by atoms with Crippen LogP contribution in [0.2, 0.25) is 0 Å². The molecule has 3 heterocycles. The van der Waals surface area contributed by atoms with Crippen LogP contribution in [0, 0.1) is 17.3 Å². The summed E-state index contributed by atoms with van der Waals surface area (Å²) in [5.74, 6) is 0.383. The van der Waals surface area contributed by atoms with Gasteiger partial charge in [-0.15, -0.1) is 0 Å². The summed E-state index contributed by atoms with van der Waals surface area (Å²) in [4.78, 5) is 27.4. The maximum absolute atomic E-state index is 12.9. The van der Waals surface area contributed by atoms with E-state index in [2.05, 4.69) is 12.2 Å². The van der Waals surface area contributed by atoms with E-state index >= 15 is 0 Å². The third kappa shape index (κ3) is 1.15. The van der Waals surface area contributed by atoms with Crippen LogP contribution in [-0.4, -0.2) is 22.4 Å². The lowest BCUT2D eigenvalue weighted by molar-refractivity contribution is -0.185. The van der Waals surface area contributed by atoms with Crippen LogP contribution in [0.1, 0.15) is 43.0 Å². The van der Waals surface area contributed by atoms with Crippen LogP contribution < -0.4 is 5.32 Å². The highest BCUT2D eigenvalue weighted by Crippen LogP contribution is 2.64. The zero-order chi connectivity index (χ0) is 14.4. The number of carbonyl (C=O) groups is 2. The van der Waals surface area contributed by atoms with Gasteiger partial charge in [0.1, 0.15) is 5.66 Å². The Labute approximate surface area is 123 Å². The minimum Gasteiger partial charge on any atom is -0.361 e. The van der Waals surface area contributed by atoms with Crippen LogP contribution >= 0.6 is 0 Å². The lowest BCUT2D eigenvalue weighted by Crippen LogP contribution is -2.78. The summed E-state index contributed by atoms with van der Waals surface area (Å²) in [6, 6.07) is 7.58. The van der Waals surface area contributed by atoms with E-state index in [4.69, 9.17) is 0 Å². The molecule has 0 unspecified atom stereocenters. The van der Waals surface area contributed by atoms with Gasteiger partial charge in [-0.1, -0.05) is 19.1 Å². The molecule has 2 amide bonds. The molecule has 1 aromatic rings. The number of rotatable bonds is 0. The predicted octanol–water partition coefficient (Wildman–Crippen LogP) is 2.62. The molecule has 4 bridgehead atoms. The minimum absolute atomic E-state index is 0.0362. The van der Waals surface area contributed by atoms with Crippen LogP contribution in [-0.2, 0) is 4.79 Å². The summed E-state index contributed by atoms with van der Waals surface area (Å²) >= 11 is 0. The normalized spacial score (nSPS) is 42.6. The fraction of sp³-hybridized carbons (Fsp3) is 0.529. The van der Waals surface area contributed by atoms with Crippen molar-refractivity contribution in [1.29, 1.82) is 0 Å². The van der Waals surface area contributed by atoms with Gasteiger partial charge in [0.05, 0.1) is 5.56 Å². The zero-order valence-corrected chi connectivity index (χ0v) is 12.1. The number of amides is 2. The van der Waals surface area contributed by atoms with Gasteiger partial charge in [-0.25, -0.2) is 0 Å². The molecule has 0 radical (unpaired) electrons. The van der Waals surface area contributed by atoms with Gasteiger partial charge in [0.25, 0.3) is 5.91 Å². The van der Waals surface area contributed by atoms with Crippen molar-refractivity contribution in [3.05, 3.63) is 29.8 Å². The Morgan fingerprint density at radius 1 is 1.29 bits per heavy atom. The van der Waals surface area contributed by atoms with Crippen LogP contribution in [0.5, 0.6) is 0 Å². The van der Waals surface area contributed by atoms with Gasteiger partial charge in [0.15, 0.2) is 0 Å². The number of hydrogen-bond donors (Lipinski definition) is 1. The van der Waals surface area contributed by atoms with Crippen LogP contribution in [0.3, 0.4) is 0 Å². The molecule has 1 spiro atoms. The number of fused-ring (bicyclic) bond motifs is 2. The number of nitrogens with one attached hydrogen (secondary N) is 1. The molecule has 1 aromatic carbocycles. The van der Waals surface area contributed by atoms with Crippen LogP contribution in [0.4, 0.5) is 5.69 Å². The number of piperidine rings is 2. The summed E-state index contributed by atoms with van der Waals surface area (Å²) in [5, 5.41) is 3.60. The molecule has 6 aliphatic rings. The first kappa shape index (κ1) is 11.8. The van der Waals surface area contributed by atoms with Gasteiger partial charge in [-0.05, 0) is 43.2 Å². The molecule has 108 valence electrons. The van der Waals surface area contributed by atoms with E-state index in [1.54, 1.807) is 4.90 Å². The van der Waals surface area contributed by atoms with E-state index in [1.165, 1.54) is 0 Å². The molecule has 3 aliphatic carbocycles. The molecule has 3 aliphatic heterocycles. The van der Waals surface area contributed by atoms with E-state index in [-0.39, 0.29) is 23.1 Å². The Morgan fingerprint density at radius 3 is 2.90 bits per heavy atom. The quantitative estimate of drug-likeness (QED) is 0.744. The van der Waals surface area contributed by atoms with E-state index in [1.807, 2.05) is 24.3 Å². The third-order valence-electron chi connectivity index (χ3n) is 6.40. The zero-order valence-electron chi connectivity index (χ0n) is 12.1. The monoisotopic (exact) mass is 282 g/mol. The van der Waals surface area contributed by atoms with Gasteiger partial charge < -0.3 is 5.32 Å². The third-order valence-corrected chi connectivity index (χ3v) is 6.40. The molecule has 1 N–H and O–H groups in total. The molecule has 3 saturated carbocycles. The van der Waals surface area contributed by atoms with Crippen molar-refractivity contribution in [3.63, 3.8) is 0 Å². The van der Waals surface area contributed by atoms with E-state index < -0.39 is 5.66 Å². The first-order valence-corrected chi connectivity index (χ1v) is 7.81. The smallest absolute Gasteiger partial charge is 0.264 e. The van der Waals surface area contributed by atoms with Crippen molar-refractivity contribution in [1.82, 2.24) is 4.90 Å². The summed E-state index contributed by atoms with van der Waals surface area (Å²) in [7, 11) is 0. The number of para-hydroxylation sites is 1. The largest absolute Gasteiger partial charge is 0.361 e. The number of benzene rings is 1. The van der Waals surface area contributed by atoms with E-state index in [0.717, 1.165) is 31.4 Å². The molecular formula is C17H18N2O2. The first-order chi connectivity index (χ1) is 10.1. The van der Waals surface area contributed by atoms with E-state index in [9.17, 15) is 9.59 Å². The predicted molar refractivity (Wildman–Crippen MR) is 77.5 cm³/mol. The summed E-state index contributed by atoms with van der Waals surface area (Å²) in [5.41, 5.74) is 1.11. The number of imide groups is 1. The standard InChI is InChI=1S/C17H18N2O2/c1-16-7-6-10-8-12(16)15(21)19-14(20)11-4-2-3-5-13(11)18-17(10,19)9-16/h2-5,10,12,18H,6-9H2,1H3/t10-,12+,16-,17+/m0/s1. The molecule has 21 heavy (non-hydrogen) atoms. The van der Waals surface area contributed by atoms with Crippen LogP contribution in [0.15, 0.2) is 24.3 Å². The second kappa shape index (κ2) is 3.32. The highest BCUT2D eigenvalue weighted by molar-refractivity contribution is 6.12.